The normalized spacial score (nSPS) is 10.5. The summed E-state index contributed by atoms with van der Waals surface area (Å²) in [6.45, 7) is 1.75. The lowest BCUT2D eigenvalue weighted by molar-refractivity contribution is 0.424. The molecule has 0 bridgehead atoms. The first-order valence-corrected chi connectivity index (χ1v) is 3.43. The first-order valence-electron chi connectivity index (χ1n) is 3.43. The van der Waals surface area contributed by atoms with Crippen molar-refractivity contribution in [3.8, 4) is 11.6 Å². The molecule has 2 rings (SSSR count). The lowest BCUT2D eigenvalue weighted by atomic mass is 10.5. The first kappa shape index (κ1) is 6.96. The Morgan fingerprint density at radius 3 is 2.83 bits per heavy atom. The Labute approximate surface area is 68.2 Å². The van der Waals surface area contributed by atoms with Gasteiger partial charge in [-0.3, -0.25) is 4.68 Å². The van der Waals surface area contributed by atoms with E-state index in [0.29, 0.717) is 17.4 Å². The summed E-state index contributed by atoms with van der Waals surface area (Å²) < 4.78 is 6.46. The van der Waals surface area contributed by atoms with E-state index in [1.54, 1.807) is 24.9 Å². The maximum atomic E-state index is 4.89. The third-order valence-corrected chi connectivity index (χ3v) is 1.35. The van der Waals surface area contributed by atoms with Gasteiger partial charge in [-0.25, -0.2) is 0 Å². The van der Waals surface area contributed by atoms with Gasteiger partial charge in [0.2, 0.25) is 0 Å². The average molecular weight is 165 g/mol. The van der Waals surface area contributed by atoms with E-state index in [2.05, 4.69) is 20.5 Å². The van der Waals surface area contributed by atoms with Crippen molar-refractivity contribution < 1.29 is 4.52 Å². The highest BCUT2D eigenvalue weighted by atomic mass is 16.5. The molecule has 0 N–H and O–H groups in total. The lowest BCUT2D eigenvalue weighted by Crippen LogP contribution is -1.85. The minimum absolute atomic E-state index is 0.403. The molecular formula is C6H7N5O. The smallest absolute Gasteiger partial charge is 0.280 e. The van der Waals surface area contributed by atoms with Gasteiger partial charge in [0.05, 0.1) is 6.20 Å². The molecule has 0 saturated heterocycles. The van der Waals surface area contributed by atoms with Crippen LogP contribution in [0.25, 0.3) is 11.6 Å². The molecule has 0 aliphatic heterocycles. The molecule has 2 aromatic heterocycles. The summed E-state index contributed by atoms with van der Waals surface area (Å²) in [5.74, 6) is 0.997. The topological polar surface area (TPSA) is 69.6 Å². The van der Waals surface area contributed by atoms with Crippen LogP contribution in [0.5, 0.6) is 0 Å². The van der Waals surface area contributed by atoms with E-state index in [1.807, 2.05) is 0 Å². The summed E-state index contributed by atoms with van der Waals surface area (Å²) in [7, 11) is 1.78. The van der Waals surface area contributed by atoms with Crippen molar-refractivity contribution in [2.24, 2.45) is 7.05 Å². The van der Waals surface area contributed by atoms with Crippen LogP contribution in [0.1, 0.15) is 5.82 Å². The fourth-order valence-electron chi connectivity index (χ4n) is 0.846. The molecule has 0 unspecified atom stereocenters. The quantitative estimate of drug-likeness (QED) is 0.602. The molecule has 6 nitrogen and oxygen atoms in total. The second-order valence-electron chi connectivity index (χ2n) is 2.42. The van der Waals surface area contributed by atoms with Crippen LogP contribution in [-0.4, -0.2) is 25.1 Å². The fourth-order valence-corrected chi connectivity index (χ4v) is 0.846. The van der Waals surface area contributed by atoms with Gasteiger partial charge in [-0.2, -0.15) is 4.98 Å². The molecule has 0 spiro atoms. The molecule has 0 saturated carbocycles. The molecular weight excluding hydrogens is 158 g/mol. The van der Waals surface area contributed by atoms with E-state index in [9.17, 15) is 0 Å². The van der Waals surface area contributed by atoms with E-state index in [4.69, 9.17) is 4.52 Å². The van der Waals surface area contributed by atoms with Crippen LogP contribution in [0, 0.1) is 6.92 Å². The standard InChI is InChI=1S/C6H7N5O/c1-4-7-6(12-9-4)5-3-11(2)10-8-5/h3H,1-2H3. The van der Waals surface area contributed by atoms with Gasteiger partial charge >= 0.3 is 0 Å². The summed E-state index contributed by atoms with van der Waals surface area (Å²) >= 11 is 0. The molecule has 0 atom stereocenters. The van der Waals surface area contributed by atoms with Gasteiger partial charge in [0, 0.05) is 7.05 Å². The van der Waals surface area contributed by atoms with Gasteiger partial charge in [-0.15, -0.1) is 5.10 Å². The average Bonchev–Trinajstić information content (AvgIpc) is 2.58. The van der Waals surface area contributed by atoms with Gasteiger partial charge in [-0.1, -0.05) is 10.4 Å². The molecule has 0 aliphatic carbocycles. The Balaban J connectivity index is 2.43. The highest BCUT2D eigenvalue weighted by molar-refractivity contribution is 5.42. The van der Waals surface area contributed by atoms with Crippen LogP contribution in [0.2, 0.25) is 0 Å². The van der Waals surface area contributed by atoms with Crippen LogP contribution in [-0.2, 0) is 7.05 Å². The molecule has 2 heterocycles. The molecule has 6 heteroatoms. The summed E-state index contributed by atoms with van der Waals surface area (Å²) in [5, 5.41) is 11.2. The Morgan fingerprint density at radius 1 is 1.50 bits per heavy atom. The van der Waals surface area contributed by atoms with Crippen molar-refractivity contribution in [3.63, 3.8) is 0 Å². The van der Waals surface area contributed by atoms with Gasteiger partial charge in [0.1, 0.15) is 0 Å². The monoisotopic (exact) mass is 165 g/mol. The summed E-state index contributed by atoms with van der Waals surface area (Å²) in [6, 6.07) is 0. The summed E-state index contributed by atoms with van der Waals surface area (Å²) in [6.07, 6.45) is 1.72. The van der Waals surface area contributed by atoms with Crippen LogP contribution in [0.4, 0.5) is 0 Å². The van der Waals surface area contributed by atoms with E-state index in [0.717, 1.165) is 0 Å². The maximum Gasteiger partial charge on any atom is 0.280 e. The maximum absolute atomic E-state index is 4.89. The van der Waals surface area contributed by atoms with Crippen LogP contribution in [0.15, 0.2) is 10.7 Å². The third kappa shape index (κ3) is 1.07. The van der Waals surface area contributed by atoms with Crippen molar-refractivity contribution in [1.82, 2.24) is 25.1 Å². The largest absolute Gasteiger partial charge is 0.332 e. The van der Waals surface area contributed by atoms with Gasteiger partial charge < -0.3 is 4.52 Å². The van der Waals surface area contributed by atoms with Crippen LogP contribution < -0.4 is 0 Å². The predicted molar refractivity (Wildman–Crippen MR) is 39.0 cm³/mol. The van der Waals surface area contributed by atoms with Crippen molar-refractivity contribution in [2.75, 3.05) is 0 Å². The molecule has 62 valence electrons. The summed E-state index contributed by atoms with van der Waals surface area (Å²) in [4.78, 5) is 4.00. The second kappa shape index (κ2) is 2.40. The molecule has 0 radical (unpaired) electrons. The molecule has 0 aromatic carbocycles. The highest BCUT2D eigenvalue weighted by Gasteiger charge is 2.08. The lowest BCUT2D eigenvalue weighted by Gasteiger charge is -1.80. The number of hydrogen-bond acceptors (Lipinski definition) is 5. The highest BCUT2D eigenvalue weighted by Crippen LogP contribution is 2.11. The fraction of sp³-hybridized carbons (Fsp3) is 0.333. The number of aromatic nitrogens is 5. The number of aryl methyl sites for hydroxylation is 2. The van der Waals surface area contributed by atoms with Crippen molar-refractivity contribution in [3.05, 3.63) is 12.0 Å². The zero-order chi connectivity index (χ0) is 8.55. The number of hydrogen-bond donors (Lipinski definition) is 0. The van der Waals surface area contributed by atoms with Crippen molar-refractivity contribution in [2.45, 2.75) is 6.92 Å². The van der Waals surface area contributed by atoms with E-state index < -0.39 is 0 Å². The number of nitrogens with zero attached hydrogens (tertiary/aromatic N) is 5. The third-order valence-electron chi connectivity index (χ3n) is 1.35. The predicted octanol–water partition coefficient (Wildman–Crippen LogP) is 0.174. The van der Waals surface area contributed by atoms with Gasteiger partial charge in [0.25, 0.3) is 5.89 Å². The zero-order valence-corrected chi connectivity index (χ0v) is 6.72. The molecule has 2 aromatic rings. The first-order chi connectivity index (χ1) is 5.75. The zero-order valence-electron chi connectivity index (χ0n) is 6.72. The summed E-state index contributed by atoms with van der Waals surface area (Å²) in [5.41, 5.74) is 0.595. The van der Waals surface area contributed by atoms with Crippen molar-refractivity contribution in [1.29, 1.82) is 0 Å². The molecule has 0 aliphatic rings. The van der Waals surface area contributed by atoms with E-state index >= 15 is 0 Å². The SMILES string of the molecule is Cc1noc(-c2cn(C)nn2)n1. The van der Waals surface area contributed by atoms with Crippen LogP contribution in [0.3, 0.4) is 0 Å². The van der Waals surface area contributed by atoms with Gasteiger partial charge in [-0.05, 0) is 6.92 Å². The Morgan fingerprint density at radius 2 is 2.33 bits per heavy atom. The van der Waals surface area contributed by atoms with Crippen LogP contribution >= 0.6 is 0 Å². The Bertz CT molecular complexity index is 352. The minimum atomic E-state index is 0.403. The van der Waals surface area contributed by atoms with E-state index in [1.165, 1.54) is 0 Å². The Hall–Kier alpha value is -1.72. The Kier molecular flexibility index (Phi) is 1.39. The van der Waals surface area contributed by atoms with Crippen molar-refractivity contribution >= 4 is 0 Å². The number of rotatable bonds is 1. The molecule has 0 amide bonds. The van der Waals surface area contributed by atoms with E-state index in [-0.39, 0.29) is 0 Å². The van der Waals surface area contributed by atoms with Gasteiger partial charge in [0.15, 0.2) is 11.5 Å². The molecule has 12 heavy (non-hydrogen) atoms. The minimum Gasteiger partial charge on any atom is -0.332 e. The molecule has 0 fully saturated rings. The second-order valence-corrected chi connectivity index (χ2v) is 2.42.